The summed E-state index contributed by atoms with van der Waals surface area (Å²) < 4.78 is 27.4. The van der Waals surface area contributed by atoms with E-state index in [0.717, 1.165) is 36.0 Å². The van der Waals surface area contributed by atoms with E-state index in [1.54, 1.807) is 0 Å². The lowest BCUT2D eigenvalue weighted by Crippen LogP contribution is -2.20. The van der Waals surface area contributed by atoms with Gasteiger partial charge in [0, 0.05) is 4.47 Å². The average Bonchev–Trinajstić information content (AvgIpc) is 2.38. The number of rotatable bonds is 9. The summed E-state index contributed by atoms with van der Waals surface area (Å²) in [5, 5.41) is 3.26. The van der Waals surface area contributed by atoms with Crippen LogP contribution in [-0.4, -0.2) is 27.3 Å². The van der Waals surface area contributed by atoms with Crippen LogP contribution in [0.5, 0.6) is 0 Å². The summed E-state index contributed by atoms with van der Waals surface area (Å²) in [4.78, 5) is 0. The number of unbranched alkanes of at least 4 members (excludes halogenated alkanes) is 1. The van der Waals surface area contributed by atoms with Crippen molar-refractivity contribution in [2.24, 2.45) is 0 Å². The first-order valence-corrected chi connectivity index (χ1v) is 9.36. The summed E-state index contributed by atoms with van der Waals surface area (Å²) in [6.45, 7) is 5.91. The van der Waals surface area contributed by atoms with Gasteiger partial charge in [0.25, 0.3) is 0 Å². The maximum atomic E-state index is 12.0. The van der Waals surface area contributed by atoms with Crippen LogP contribution in [0.3, 0.4) is 0 Å². The molecule has 0 aliphatic carbocycles. The minimum absolute atomic E-state index is 0.154. The van der Waals surface area contributed by atoms with Crippen LogP contribution in [0.1, 0.15) is 31.7 Å². The van der Waals surface area contributed by atoms with E-state index >= 15 is 0 Å². The standard InChI is InChI=1S/C14H23BrN2O2S/c1-3-8-16-9-4-5-10-20(18,19)17-14-11-12(2)6-7-13(14)15/h6-7,11,16-17H,3-5,8-10H2,1-2H3. The predicted octanol–water partition coefficient (Wildman–Crippen LogP) is 3.28. The zero-order chi connectivity index (χ0) is 15.0. The number of benzene rings is 1. The molecular weight excluding hydrogens is 340 g/mol. The second-order valence-corrected chi connectivity index (χ2v) is 7.56. The second-order valence-electron chi connectivity index (χ2n) is 4.86. The zero-order valence-corrected chi connectivity index (χ0v) is 14.5. The Kier molecular flexibility index (Phi) is 7.55. The van der Waals surface area contributed by atoms with Crippen LogP contribution in [0, 0.1) is 6.92 Å². The van der Waals surface area contributed by atoms with Gasteiger partial charge in [0.15, 0.2) is 0 Å². The lowest BCUT2D eigenvalue weighted by Gasteiger charge is -2.10. The van der Waals surface area contributed by atoms with Crippen LogP contribution < -0.4 is 10.0 Å². The summed E-state index contributed by atoms with van der Waals surface area (Å²) in [6, 6.07) is 5.60. The molecule has 1 aromatic carbocycles. The molecule has 0 fully saturated rings. The van der Waals surface area contributed by atoms with E-state index in [-0.39, 0.29) is 5.75 Å². The molecule has 6 heteroatoms. The van der Waals surface area contributed by atoms with Gasteiger partial charge in [-0.25, -0.2) is 8.42 Å². The molecule has 0 aliphatic heterocycles. The summed E-state index contributed by atoms with van der Waals surface area (Å²) in [6.07, 6.45) is 2.63. The molecule has 0 radical (unpaired) electrons. The first-order chi connectivity index (χ1) is 9.44. The van der Waals surface area contributed by atoms with E-state index in [9.17, 15) is 8.42 Å². The summed E-state index contributed by atoms with van der Waals surface area (Å²) >= 11 is 3.36. The number of anilines is 1. The van der Waals surface area contributed by atoms with Crippen molar-refractivity contribution in [1.82, 2.24) is 5.32 Å². The normalized spacial score (nSPS) is 11.6. The van der Waals surface area contributed by atoms with Crippen molar-refractivity contribution in [2.45, 2.75) is 33.1 Å². The molecule has 0 heterocycles. The molecule has 20 heavy (non-hydrogen) atoms. The molecule has 0 unspecified atom stereocenters. The quantitative estimate of drug-likeness (QED) is 0.662. The van der Waals surface area contributed by atoms with E-state index < -0.39 is 10.0 Å². The van der Waals surface area contributed by atoms with Crippen molar-refractivity contribution in [3.63, 3.8) is 0 Å². The molecule has 0 aliphatic rings. The number of hydrogen-bond donors (Lipinski definition) is 2. The third-order valence-corrected chi connectivity index (χ3v) is 4.88. The maximum Gasteiger partial charge on any atom is 0.232 e. The van der Waals surface area contributed by atoms with Crippen molar-refractivity contribution >= 4 is 31.6 Å². The van der Waals surface area contributed by atoms with Gasteiger partial charge in [-0.1, -0.05) is 13.0 Å². The molecule has 2 N–H and O–H groups in total. The Bertz CT molecular complexity index is 518. The van der Waals surface area contributed by atoms with E-state index in [1.807, 2.05) is 25.1 Å². The van der Waals surface area contributed by atoms with Crippen LogP contribution in [0.15, 0.2) is 22.7 Å². The molecular formula is C14H23BrN2O2S. The topological polar surface area (TPSA) is 58.2 Å². The third kappa shape index (κ3) is 6.72. The van der Waals surface area contributed by atoms with Gasteiger partial charge in [-0.3, -0.25) is 4.72 Å². The van der Waals surface area contributed by atoms with Crippen molar-refractivity contribution < 1.29 is 8.42 Å². The smallest absolute Gasteiger partial charge is 0.232 e. The molecule has 0 saturated heterocycles. The summed E-state index contributed by atoms with van der Waals surface area (Å²) in [5.41, 5.74) is 1.63. The molecule has 0 aromatic heterocycles. The molecule has 0 saturated carbocycles. The predicted molar refractivity (Wildman–Crippen MR) is 88.7 cm³/mol. The maximum absolute atomic E-state index is 12.0. The zero-order valence-electron chi connectivity index (χ0n) is 12.1. The van der Waals surface area contributed by atoms with Gasteiger partial charge in [-0.05, 0) is 72.9 Å². The van der Waals surface area contributed by atoms with Crippen molar-refractivity contribution in [3.8, 4) is 0 Å². The number of nitrogens with one attached hydrogen (secondary N) is 2. The number of hydrogen-bond acceptors (Lipinski definition) is 3. The Hall–Kier alpha value is -0.590. The molecule has 1 rings (SSSR count). The summed E-state index contributed by atoms with van der Waals surface area (Å²) in [5.74, 6) is 0.154. The number of aryl methyl sites for hydroxylation is 1. The van der Waals surface area contributed by atoms with Crippen LogP contribution in [0.25, 0.3) is 0 Å². The highest BCUT2D eigenvalue weighted by Gasteiger charge is 2.12. The fourth-order valence-electron chi connectivity index (χ4n) is 1.78. The van der Waals surface area contributed by atoms with E-state index in [2.05, 4.69) is 32.9 Å². The monoisotopic (exact) mass is 362 g/mol. The second kappa shape index (κ2) is 8.64. The number of sulfonamides is 1. The van der Waals surface area contributed by atoms with Crippen LogP contribution >= 0.6 is 15.9 Å². The van der Waals surface area contributed by atoms with Crippen LogP contribution in [0.4, 0.5) is 5.69 Å². The van der Waals surface area contributed by atoms with Crippen molar-refractivity contribution in [3.05, 3.63) is 28.2 Å². The van der Waals surface area contributed by atoms with Gasteiger partial charge in [0.1, 0.15) is 0 Å². The first-order valence-electron chi connectivity index (χ1n) is 6.92. The van der Waals surface area contributed by atoms with Gasteiger partial charge in [0.2, 0.25) is 10.0 Å². The van der Waals surface area contributed by atoms with E-state index in [0.29, 0.717) is 12.1 Å². The highest BCUT2D eigenvalue weighted by Crippen LogP contribution is 2.24. The van der Waals surface area contributed by atoms with Gasteiger partial charge >= 0.3 is 0 Å². The molecule has 0 bridgehead atoms. The van der Waals surface area contributed by atoms with Crippen molar-refractivity contribution in [1.29, 1.82) is 0 Å². The minimum Gasteiger partial charge on any atom is -0.317 e. The molecule has 0 amide bonds. The lowest BCUT2D eigenvalue weighted by atomic mass is 10.2. The third-order valence-electron chi connectivity index (χ3n) is 2.83. The van der Waals surface area contributed by atoms with Crippen molar-refractivity contribution in [2.75, 3.05) is 23.6 Å². The number of halogens is 1. The lowest BCUT2D eigenvalue weighted by molar-refractivity contribution is 0.590. The fourth-order valence-corrected chi connectivity index (χ4v) is 3.45. The van der Waals surface area contributed by atoms with Gasteiger partial charge < -0.3 is 5.32 Å². The Morgan fingerprint density at radius 3 is 2.65 bits per heavy atom. The molecule has 0 spiro atoms. The van der Waals surface area contributed by atoms with E-state index in [4.69, 9.17) is 0 Å². The molecule has 1 aromatic rings. The molecule has 4 nitrogen and oxygen atoms in total. The largest absolute Gasteiger partial charge is 0.317 e. The summed E-state index contributed by atoms with van der Waals surface area (Å²) in [7, 11) is -3.27. The Labute approximate surface area is 130 Å². The van der Waals surface area contributed by atoms with Gasteiger partial charge in [-0.2, -0.15) is 0 Å². The fraction of sp³-hybridized carbons (Fsp3) is 0.571. The Balaban J connectivity index is 2.43. The van der Waals surface area contributed by atoms with Crippen LogP contribution in [-0.2, 0) is 10.0 Å². The SMILES string of the molecule is CCCNCCCCS(=O)(=O)Nc1cc(C)ccc1Br. The highest BCUT2D eigenvalue weighted by atomic mass is 79.9. The van der Waals surface area contributed by atoms with Gasteiger partial charge in [-0.15, -0.1) is 0 Å². The van der Waals surface area contributed by atoms with Crippen LogP contribution in [0.2, 0.25) is 0 Å². The highest BCUT2D eigenvalue weighted by molar-refractivity contribution is 9.10. The molecule has 114 valence electrons. The average molecular weight is 363 g/mol. The van der Waals surface area contributed by atoms with Gasteiger partial charge in [0.05, 0.1) is 11.4 Å². The minimum atomic E-state index is -3.27. The Morgan fingerprint density at radius 1 is 1.20 bits per heavy atom. The first kappa shape index (κ1) is 17.5. The van der Waals surface area contributed by atoms with E-state index in [1.165, 1.54) is 0 Å². The Morgan fingerprint density at radius 2 is 1.95 bits per heavy atom. The molecule has 0 atom stereocenters.